The maximum absolute atomic E-state index is 8.80. The molecule has 0 N–H and O–H groups in total. The number of hydrogen-bond acceptors (Lipinski definition) is 3. The third kappa shape index (κ3) is 1.81. The van der Waals surface area contributed by atoms with Crippen LogP contribution in [0.1, 0.15) is 16.7 Å². The Kier molecular flexibility index (Phi) is 2.66. The second kappa shape index (κ2) is 4.32. The fourth-order valence-electron chi connectivity index (χ4n) is 2.21. The van der Waals surface area contributed by atoms with Crippen LogP contribution in [0, 0.1) is 11.3 Å². The van der Waals surface area contributed by atoms with Gasteiger partial charge in [0.1, 0.15) is 11.9 Å². The molecule has 1 aromatic heterocycles. The van der Waals surface area contributed by atoms with Crippen LogP contribution in [0.15, 0.2) is 36.5 Å². The molecule has 0 saturated carbocycles. The number of nitriles is 1. The zero-order valence-electron chi connectivity index (χ0n) is 9.60. The minimum absolute atomic E-state index is 0.487. The zero-order chi connectivity index (χ0) is 12.5. The second-order valence-electron chi connectivity index (χ2n) is 4.27. The monoisotopic (exact) mass is 255 g/mol. The van der Waals surface area contributed by atoms with E-state index in [1.54, 1.807) is 12.3 Å². The van der Waals surface area contributed by atoms with Crippen LogP contribution in [0.25, 0.3) is 0 Å². The van der Waals surface area contributed by atoms with E-state index in [0.29, 0.717) is 10.6 Å². The van der Waals surface area contributed by atoms with Crippen molar-refractivity contribution in [1.29, 1.82) is 5.26 Å². The van der Waals surface area contributed by atoms with E-state index in [4.69, 9.17) is 16.9 Å². The van der Waals surface area contributed by atoms with Crippen molar-refractivity contribution in [3.05, 3.63) is 58.2 Å². The van der Waals surface area contributed by atoms with Crippen molar-refractivity contribution < 1.29 is 0 Å². The van der Waals surface area contributed by atoms with Crippen molar-refractivity contribution in [3.8, 4) is 6.07 Å². The Bertz CT molecular complexity index is 621. The topological polar surface area (TPSA) is 39.9 Å². The quantitative estimate of drug-likeness (QED) is 0.786. The first-order chi connectivity index (χ1) is 8.78. The number of benzene rings is 1. The Labute approximate surface area is 110 Å². The van der Waals surface area contributed by atoms with Crippen LogP contribution in [0.3, 0.4) is 0 Å². The molecule has 88 valence electrons. The Balaban J connectivity index is 1.93. The van der Waals surface area contributed by atoms with E-state index in [0.717, 1.165) is 18.9 Å². The van der Waals surface area contributed by atoms with Gasteiger partial charge in [0.25, 0.3) is 0 Å². The number of hydrogen-bond donors (Lipinski definition) is 0. The zero-order valence-corrected chi connectivity index (χ0v) is 10.4. The predicted octanol–water partition coefficient (Wildman–Crippen LogP) is 3.13. The highest BCUT2D eigenvalue weighted by molar-refractivity contribution is 6.33. The van der Waals surface area contributed by atoms with Crippen molar-refractivity contribution in [2.24, 2.45) is 0 Å². The molecule has 0 atom stereocenters. The van der Waals surface area contributed by atoms with E-state index in [-0.39, 0.29) is 0 Å². The summed E-state index contributed by atoms with van der Waals surface area (Å²) < 4.78 is 0. The average Bonchev–Trinajstić information content (AvgIpc) is 2.81. The van der Waals surface area contributed by atoms with Crippen molar-refractivity contribution in [3.63, 3.8) is 0 Å². The third-order valence-electron chi connectivity index (χ3n) is 3.09. The van der Waals surface area contributed by atoms with Gasteiger partial charge in [-0.15, -0.1) is 0 Å². The number of nitrogens with zero attached hydrogens (tertiary/aromatic N) is 3. The molecule has 0 amide bonds. The van der Waals surface area contributed by atoms with Crippen molar-refractivity contribution >= 4 is 17.4 Å². The predicted molar refractivity (Wildman–Crippen MR) is 70.3 cm³/mol. The van der Waals surface area contributed by atoms with Gasteiger partial charge in [-0.1, -0.05) is 35.9 Å². The van der Waals surface area contributed by atoms with Crippen LogP contribution in [-0.4, -0.2) is 4.98 Å². The van der Waals surface area contributed by atoms with Gasteiger partial charge in [-0.05, 0) is 17.2 Å². The van der Waals surface area contributed by atoms with Gasteiger partial charge < -0.3 is 4.90 Å². The summed E-state index contributed by atoms with van der Waals surface area (Å²) in [6.45, 7) is 1.63. The van der Waals surface area contributed by atoms with E-state index in [1.807, 2.05) is 18.2 Å². The van der Waals surface area contributed by atoms with Gasteiger partial charge in [0, 0.05) is 19.3 Å². The van der Waals surface area contributed by atoms with Gasteiger partial charge in [0.2, 0.25) is 0 Å². The smallest absolute Gasteiger partial charge is 0.148 e. The van der Waals surface area contributed by atoms with Crippen LogP contribution in [-0.2, 0) is 13.1 Å². The number of aromatic nitrogens is 1. The maximum atomic E-state index is 8.80. The molecule has 0 bridgehead atoms. The molecule has 2 heterocycles. The lowest BCUT2D eigenvalue weighted by Gasteiger charge is -2.17. The van der Waals surface area contributed by atoms with Crippen LogP contribution >= 0.6 is 11.6 Å². The van der Waals surface area contributed by atoms with Gasteiger partial charge in [0.05, 0.1) is 10.6 Å². The van der Waals surface area contributed by atoms with E-state index in [1.165, 1.54) is 11.1 Å². The molecule has 0 radical (unpaired) electrons. The first-order valence-electron chi connectivity index (χ1n) is 5.65. The molecule has 2 aromatic rings. The number of pyridine rings is 1. The summed E-state index contributed by atoms with van der Waals surface area (Å²) in [6.07, 6.45) is 1.56. The lowest BCUT2D eigenvalue weighted by atomic mass is 10.1. The first kappa shape index (κ1) is 11.1. The summed E-state index contributed by atoms with van der Waals surface area (Å²) in [5.74, 6) is 0.742. The Hall–Kier alpha value is -2.05. The van der Waals surface area contributed by atoms with E-state index in [9.17, 15) is 0 Å². The minimum atomic E-state index is 0.487. The van der Waals surface area contributed by atoms with Gasteiger partial charge in [-0.25, -0.2) is 4.98 Å². The van der Waals surface area contributed by atoms with Gasteiger partial charge in [-0.3, -0.25) is 0 Å². The molecule has 1 aliphatic heterocycles. The van der Waals surface area contributed by atoms with Crippen molar-refractivity contribution in [2.45, 2.75) is 13.1 Å². The Morgan fingerprint density at radius 2 is 1.89 bits per heavy atom. The number of fused-ring (bicyclic) bond motifs is 1. The molecular weight excluding hydrogens is 246 g/mol. The Morgan fingerprint density at radius 3 is 2.44 bits per heavy atom. The summed E-state index contributed by atoms with van der Waals surface area (Å²) in [5, 5.41) is 9.33. The molecule has 3 rings (SSSR count). The third-order valence-corrected chi connectivity index (χ3v) is 3.37. The summed E-state index contributed by atoms with van der Waals surface area (Å²) in [7, 11) is 0. The molecule has 4 heteroatoms. The fraction of sp³-hybridized carbons (Fsp3) is 0.143. The summed E-state index contributed by atoms with van der Waals surface area (Å²) >= 11 is 6.18. The largest absolute Gasteiger partial charge is 0.347 e. The molecule has 1 aliphatic rings. The molecule has 0 fully saturated rings. The molecular formula is C14H10ClN3. The molecule has 3 nitrogen and oxygen atoms in total. The summed E-state index contributed by atoms with van der Waals surface area (Å²) in [6, 6.07) is 12.0. The number of anilines is 1. The first-order valence-corrected chi connectivity index (χ1v) is 6.03. The van der Waals surface area contributed by atoms with Crippen molar-refractivity contribution in [1.82, 2.24) is 4.98 Å². The fourth-order valence-corrected chi connectivity index (χ4v) is 2.49. The molecule has 1 aromatic carbocycles. The van der Waals surface area contributed by atoms with E-state index in [2.05, 4.69) is 22.0 Å². The molecule has 0 saturated heterocycles. The molecule has 18 heavy (non-hydrogen) atoms. The van der Waals surface area contributed by atoms with Gasteiger partial charge >= 0.3 is 0 Å². The van der Waals surface area contributed by atoms with Crippen LogP contribution < -0.4 is 4.90 Å². The second-order valence-corrected chi connectivity index (χ2v) is 4.67. The van der Waals surface area contributed by atoms with Crippen molar-refractivity contribution in [2.75, 3.05) is 4.90 Å². The molecule has 0 aliphatic carbocycles. The van der Waals surface area contributed by atoms with Crippen LogP contribution in [0.2, 0.25) is 5.02 Å². The normalized spacial score (nSPS) is 13.2. The number of halogens is 1. The maximum Gasteiger partial charge on any atom is 0.148 e. The van der Waals surface area contributed by atoms with Crippen LogP contribution in [0.4, 0.5) is 5.82 Å². The molecule has 0 unspecified atom stereocenters. The SMILES string of the molecule is N#Cc1cnc(N2Cc3ccccc3C2)c(Cl)c1. The standard InChI is InChI=1S/C14H10ClN3/c15-13-5-10(6-16)7-17-14(13)18-8-11-3-1-2-4-12(11)9-18/h1-5,7H,8-9H2. The molecule has 0 spiro atoms. The van der Waals surface area contributed by atoms with Gasteiger partial charge in [-0.2, -0.15) is 5.26 Å². The average molecular weight is 256 g/mol. The number of rotatable bonds is 1. The lowest BCUT2D eigenvalue weighted by Crippen LogP contribution is -2.16. The van der Waals surface area contributed by atoms with E-state index < -0.39 is 0 Å². The highest BCUT2D eigenvalue weighted by Crippen LogP contribution is 2.31. The lowest BCUT2D eigenvalue weighted by molar-refractivity contribution is 0.856. The van der Waals surface area contributed by atoms with Gasteiger partial charge in [0.15, 0.2) is 0 Å². The van der Waals surface area contributed by atoms with Crippen LogP contribution in [0.5, 0.6) is 0 Å². The Morgan fingerprint density at radius 1 is 1.22 bits per heavy atom. The van der Waals surface area contributed by atoms with E-state index >= 15 is 0 Å². The minimum Gasteiger partial charge on any atom is -0.347 e. The summed E-state index contributed by atoms with van der Waals surface area (Å²) in [4.78, 5) is 6.40. The summed E-state index contributed by atoms with van der Waals surface area (Å²) in [5.41, 5.74) is 3.10. The highest BCUT2D eigenvalue weighted by atomic mass is 35.5. The highest BCUT2D eigenvalue weighted by Gasteiger charge is 2.21.